The van der Waals surface area contributed by atoms with E-state index in [1.807, 2.05) is 0 Å². The molecule has 1 amide bonds. The van der Waals surface area contributed by atoms with Crippen molar-refractivity contribution < 1.29 is 22.4 Å². The number of hydrogen-bond donors (Lipinski definition) is 1. The van der Waals surface area contributed by atoms with Crippen molar-refractivity contribution in [3.05, 3.63) is 71.4 Å². The number of alkyl halides is 3. The maximum atomic E-state index is 12.9. The number of benzene rings is 1. The van der Waals surface area contributed by atoms with Gasteiger partial charge in [0.25, 0.3) is 5.91 Å². The molecule has 2 heterocycles. The minimum Gasteiger partial charge on any atom is -0.459 e. The molecule has 0 saturated carbocycles. The molecule has 0 fully saturated rings. The Kier molecular flexibility index (Phi) is 4.58. The molecule has 0 aliphatic carbocycles. The molecule has 2 aromatic heterocycles. The maximum Gasteiger partial charge on any atom is 0.416 e. The molecule has 26 heavy (non-hydrogen) atoms. The quantitative estimate of drug-likeness (QED) is 0.752. The fourth-order valence-electron chi connectivity index (χ4n) is 2.67. The van der Waals surface area contributed by atoms with E-state index in [-0.39, 0.29) is 11.7 Å². The van der Waals surface area contributed by atoms with E-state index < -0.39 is 17.8 Å². The van der Waals surface area contributed by atoms with Crippen molar-refractivity contribution in [3.8, 4) is 5.69 Å². The summed E-state index contributed by atoms with van der Waals surface area (Å²) in [6, 6.07) is 7.68. The number of amides is 1. The number of carbonyl (C=O) groups is 1. The molecule has 3 rings (SSSR count). The summed E-state index contributed by atoms with van der Waals surface area (Å²) in [6.45, 7) is 3.50. The van der Waals surface area contributed by atoms with Crippen molar-refractivity contribution in [3.63, 3.8) is 0 Å². The van der Waals surface area contributed by atoms with Crippen molar-refractivity contribution in [2.45, 2.75) is 26.1 Å². The molecule has 0 radical (unpaired) electrons. The second-order valence-corrected chi connectivity index (χ2v) is 5.82. The third kappa shape index (κ3) is 3.49. The van der Waals surface area contributed by atoms with E-state index in [9.17, 15) is 18.0 Å². The van der Waals surface area contributed by atoms with E-state index in [0.29, 0.717) is 16.9 Å². The van der Waals surface area contributed by atoms with Gasteiger partial charge in [-0.15, -0.1) is 0 Å². The summed E-state index contributed by atoms with van der Waals surface area (Å²) in [7, 11) is 0. The predicted molar refractivity (Wildman–Crippen MR) is 87.9 cm³/mol. The van der Waals surface area contributed by atoms with Crippen LogP contribution in [0, 0.1) is 6.92 Å². The van der Waals surface area contributed by atoms with Gasteiger partial charge in [0.1, 0.15) is 0 Å². The average Bonchev–Trinajstić information content (AvgIpc) is 3.23. The Labute approximate surface area is 147 Å². The average molecular weight is 363 g/mol. The number of halogens is 3. The van der Waals surface area contributed by atoms with Crippen LogP contribution in [0.4, 0.5) is 13.2 Å². The number of nitrogens with zero attached hydrogens (tertiary/aromatic N) is 2. The first kappa shape index (κ1) is 17.8. The number of carbonyl (C=O) groups excluding carboxylic acids is 1. The van der Waals surface area contributed by atoms with Gasteiger partial charge in [-0.25, -0.2) is 4.68 Å². The molecule has 8 heteroatoms. The lowest BCUT2D eigenvalue weighted by molar-refractivity contribution is -0.137. The molecule has 0 unspecified atom stereocenters. The summed E-state index contributed by atoms with van der Waals surface area (Å²) in [6.07, 6.45) is -1.50. The molecule has 0 aliphatic rings. The summed E-state index contributed by atoms with van der Waals surface area (Å²) in [5.74, 6) is -0.200. The number of furan rings is 1. The first-order chi connectivity index (χ1) is 12.3. The van der Waals surface area contributed by atoms with Crippen LogP contribution in [0.1, 0.15) is 40.3 Å². The minimum atomic E-state index is -4.43. The van der Waals surface area contributed by atoms with Crippen molar-refractivity contribution in [2.75, 3.05) is 0 Å². The van der Waals surface area contributed by atoms with Gasteiger partial charge < -0.3 is 9.73 Å². The van der Waals surface area contributed by atoms with E-state index in [2.05, 4.69) is 10.4 Å². The molecule has 1 atom stereocenters. The number of rotatable bonds is 4. The normalized spacial score (nSPS) is 12.8. The van der Waals surface area contributed by atoms with Gasteiger partial charge >= 0.3 is 6.18 Å². The fraction of sp³-hybridized carbons (Fsp3) is 0.222. The van der Waals surface area contributed by atoms with Crippen LogP contribution in [0.3, 0.4) is 0 Å². The van der Waals surface area contributed by atoms with E-state index in [1.54, 1.807) is 32.0 Å². The Bertz CT molecular complexity index is 914. The van der Waals surface area contributed by atoms with Gasteiger partial charge in [0.15, 0.2) is 5.76 Å². The van der Waals surface area contributed by atoms with Crippen LogP contribution in [0.25, 0.3) is 5.69 Å². The SMILES string of the molecule is Cc1c([C@H](C)NC(=O)c2ccco2)cnn1-c1cccc(C(F)(F)F)c1. The lowest BCUT2D eigenvalue weighted by Crippen LogP contribution is -2.26. The van der Waals surface area contributed by atoms with Gasteiger partial charge in [0.05, 0.1) is 29.8 Å². The topological polar surface area (TPSA) is 60.1 Å². The minimum absolute atomic E-state index is 0.180. The van der Waals surface area contributed by atoms with Gasteiger partial charge in [0, 0.05) is 11.3 Å². The molecular weight excluding hydrogens is 347 g/mol. The fourth-order valence-corrected chi connectivity index (χ4v) is 2.67. The molecule has 0 aliphatic heterocycles. The van der Waals surface area contributed by atoms with E-state index in [0.717, 1.165) is 12.1 Å². The van der Waals surface area contributed by atoms with Crippen molar-refractivity contribution >= 4 is 5.91 Å². The van der Waals surface area contributed by atoms with Crippen LogP contribution in [-0.4, -0.2) is 15.7 Å². The number of nitrogens with one attached hydrogen (secondary N) is 1. The van der Waals surface area contributed by atoms with Crippen molar-refractivity contribution in [1.82, 2.24) is 15.1 Å². The highest BCUT2D eigenvalue weighted by Gasteiger charge is 2.30. The predicted octanol–water partition coefficient (Wildman–Crippen LogP) is 4.28. The van der Waals surface area contributed by atoms with Gasteiger partial charge in [-0.05, 0) is 44.2 Å². The molecule has 0 bridgehead atoms. The Morgan fingerprint density at radius 2 is 2.04 bits per heavy atom. The molecule has 0 saturated heterocycles. The second-order valence-electron chi connectivity index (χ2n) is 5.82. The zero-order valence-corrected chi connectivity index (χ0v) is 14.0. The number of aromatic nitrogens is 2. The first-order valence-electron chi connectivity index (χ1n) is 7.84. The lowest BCUT2D eigenvalue weighted by atomic mass is 10.1. The van der Waals surface area contributed by atoms with Crippen LogP contribution >= 0.6 is 0 Å². The zero-order valence-electron chi connectivity index (χ0n) is 14.0. The van der Waals surface area contributed by atoms with Gasteiger partial charge in [-0.3, -0.25) is 4.79 Å². The molecule has 136 valence electrons. The highest BCUT2D eigenvalue weighted by atomic mass is 19.4. The van der Waals surface area contributed by atoms with E-state index in [1.165, 1.54) is 23.2 Å². The Morgan fingerprint density at radius 1 is 1.27 bits per heavy atom. The summed E-state index contributed by atoms with van der Waals surface area (Å²) in [5.41, 5.74) is 0.887. The van der Waals surface area contributed by atoms with Crippen LogP contribution in [0.5, 0.6) is 0 Å². The summed E-state index contributed by atoms with van der Waals surface area (Å²) >= 11 is 0. The van der Waals surface area contributed by atoms with Crippen LogP contribution in [-0.2, 0) is 6.18 Å². The van der Waals surface area contributed by atoms with Crippen LogP contribution < -0.4 is 5.32 Å². The third-order valence-corrected chi connectivity index (χ3v) is 4.02. The van der Waals surface area contributed by atoms with E-state index >= 15 is 0 Å². The van der Waals surface area contributed by atoms with Crippen LogP contribution in [0.15, 0.2) is 53.3 Å². The van der Waals surface area contributed by atoms with Gasteiger partial charge in [-0.1, -0.05) is 6.07 Å². The molecule has 3 aromatic rings. The third-order valence-electron chi connectivity index (χ3n) is 4.02. The Balaban J connectivity index is 1.85. The molecule has 5 nitrogen and oxygen atoms in total. The monoisotopic (exact) mass is 363 g/mol. The Morgan fingerprint density at radius 3 is 2.69 bits per heavy atom. The Hall–Kier alpha value is -3.03. The lowest BCUT2D eigenvalue weighted by Gasteiger charge is -2.14. The smallest absolute Gasteiger partial charge is 0.416 e. The van der Waals surface area contributed by atoms with Gasteiger partial charge in [0.2, 0.25) is 0 Å². The highest BCUT2D eigenvalue weighted by molar-refractivity contribution is 5.91. The highest BCUT2D eigenvalue weighted by Crippen LogP contribution is 2.31. The van der Waals surface area contributed by atoms with Crippen LogP contribution in [0.2, 0.25) is 0 Å². The molecule has 1 aromatic carbocycles. The molecular formula is C18H16F3N3O2. The standard InChI is InChI=1S/C18H16F3N3O2/c1-11(23-17(25)16-7-4-8-26-16)15-10-22-24(12(15)2)14-6-3-5-13(9-14)18(19,20)21/h3-11H,1-2H3,(H,23,25)/t11-/m0/s1. The first-order valence-corrected chi connectivity index (χ1v) is 7.84. The molecule has 1 N–H and O–H groups in total. The largest absolute Gasteiger partial charge is 0.459 e. The van der Waals surface area contributed by atoms with Gasteiger partial charge in [-0.2, -0.15) is 18.3 Å². The summed E-state index contributed by atoms with van der Waals surface area (Å²) in [5, 5.41) is 6.95. The maximum absolute atomic E-state index is 12.9. The summed E-state index contributed by atoms with van der Waals surface area (Å²) in [4.78, 5) is 12.1. The number of hydrogen-bond acceptors (Lipinski definition) is 3. The van der Waals surface area contributed by atoms with Crippen molar-refractivity contribution in [1.29, 1.82) is 0 Å². The zero-order chi connectivity index (χ0) is 18.9. The van der Waals surface area contributed by atoms with Crippen molar-refractivity contribution in [2.24, 2.45) is 0 Å². The summed E-state index contributed by atoms with van der Waals surface area (Å²) < 4.78 is 45.2. The molecule has 0 spiro atoms. The van der Waals surface area contributed by atoms with E-state index in [4.69, 9.17) is 4.42 Å². The second kappa shape index (κ2) is 6.70.